The van der Waals surface area contributed by atoms with E-state index in [0.717, 1.165) is 0 Å². The second-order valence-electron chi connectivity index (χ2n) is 1.71. The van der Waals surface area contributed by atoms with Crippen LogP contribution in [-0.2, 0) is 0 Å². The van der Waals surface area contributed by atoms with Crippen molar-refractivity contribution in [2.45, 2.75) is 26.0 Å². The molecule has 0 heterocycles. The van der Waals surface area contributed by atoms with E-state index < -0.39 is 5.72 Å². The van der Waals surface area contributed by atoms with Gasteiger partial charge >= 0.3 is 0 Å². The maximum atomic E-state index is 8.60. The average molecular weight is 126 g/mol. The fourth-order valence-corrected chi connectivity index (χ4v) is 0. The van der Waals surface area contributed by atoms with Crippen molar-refractivity contribution in [3.63, 3.8) is 0 Å². The molecule has 46 valence electrons. The Hall–Kier alpha value is 0.210. The molecule has 3 N–H and O–H groups in total. The molecule has 0 aliphatic rings. The second kappa shape index (κ2) is 3.24. The van der Waals surface area contributed by atoms with Crippen LogP contribution in [-0.4, -0.2) is 10.8 Å². The van der Waals surface area contributed by atoms with E-state index in [2.05, 4.69) is 0 Å². The lowest BCUT2D eigenvalue weighted by molar-refractivity contribution is 0.0632. The summed E-state index contributed by atoms with van der Waals surface area (Å²) < 4.78 is 0. The molecule has 0 aromatic rings. The number of hydrogen-bond donors (Lipinski definition) is 2. The number of hydrogen-bond acceptors (Lipinski definition) is 2. The van der Waals surface area contributed by atoms with Crippen LogP contribution in [0.4, 0.5) is 0 Å². The van der Waals surface area contributed by atoms with Gasteiger partial charge in [0.2, 0.25) is 0 Å². The molecule has 0 radical (unpaired) electrons. The van der Waals surface area contributed by atoms with Crippen LogP contribution in [0.5, 0.6) is 0 Å². The lowest BCUT2D eigenvalue weighted by Crippen LogP contribution is -2.34. The third kappa shape index (κ3) is 10.7. The van der Waals surface area contributed by atoms with Crippen LogP contribution < -0.4 is 5.73 Å². The SMILES string of the molecule is CCC(C)(N)O.Cl. The van der Waals surface area contributed by atoms with Gasteiger partial charge in [0.25, 0.3) is 0 Å². The van der Waals surface area contributed by atoms with E-state index in [-0.39, 0.29) is 12.4 Å². The molecule has 0 spiro atoms. The van der Waals surface area contributed by atoms with Crippen LogP contribution in [0.2, 0.25) is 0 Å². The van der Waals surface area contributed by atoms with E-state index in [1.807, 2.05) is 6.92 Å². The first-order valence-electron chi connectivity index (χ1n) is 2.07. The molecule has 0 aliphatic heterocycles. The molecule has 0 rings (SSSR count). The van der Waals surface area contributed by atoms with Crippen LogP contribution in [0.3, 0.4) is 0 Å². The van der Waals surface area contributed by atoms with Crippen molar-refractivity contribution in [1.82, 2.24) is 0 Å². The van der Waals surface area contributed by atoms with Gasteiger partial charge < -0.3 is 10.8 Å². The van der Waals surface area contributed by atoms with Gasteiger partial charge in [-0.25, -0.2) is 0 Å². The Labute approximate surface area is 50.1 Å². The summed E-state index contributed by atoms with van der Waals surface area (Å²) in [7, 11) is 0. The standard InChI is InChI=1S/C4H11NO.ClH/c1-3-4(2,5)6;/h6H,3,5H2,1-2H3;1H. The minimum Gasteiger partial charge on any atom is -0.376 e. The van der Waals surface area contributed by atoms with E-state index in [1.165, 1.54) is 0 Å². The third-order valence-electron chi connectivity index (χ3n) is 0.716. The number of nitrogens with two attached hydrogens (primary N) is 1. The first kappa shape index (κ1) is 10.2. The summed E-state index contributed by atoms with van der Waals surface area (Å²) in [4.78, 5) is 0. The molecule has 1 unspecified atom stereocenters. The molecule has 0 amide bonds. The van der Waals surface area contributed by atoms with E-state index in [9.17, 15) is 0 Å². The predicted molar refractivity (Wildman–Crippen MR) is 32.4 cm³/mol. The molecule has 0 saturated heterocycles. The van der Waals surface area contributed by atoms with Crippen LogP contribution in [0.15, 0.2) is 0 Å². The normalized spacial score (nSPS) is 17.1. The fourth-order valence-electron chi connectivity index (χ4n) is 0. The highest BCUT2D eigenvalue weighted by molar-refractivity contribution is 5.85. The summed E-state index contributed by atoms with van der Waals surface area (Å²) in [6.07, 6.45) is 0.604. The van der Waals surface area contributed by atoms with Gasteiger partial charge in [-0.05, 0) is 13.3 Å². The van der Waals surface area contributed by atoms with Gasteiger partial charge in [-0.3, -0.25) is 0 Å². The number of rotatable bonds is 1. The van der Waals surface area contributed by atoms with Crippen molar-refractivity contribution in [1.29, 1.82) is 0 Å². The quantitative estimate of drug-likeness (QED) is 0.501. The first-order valence-corrected chi connectivity index (χ1v) is 2.07. The zero-order valence-electron chi connectivity index (χ0n) is 4.64. The highest BCUT2D eigenvalue weighted by atomic mass is 35.5. The van der Waals surface area contributed by atoms with E-state index >= 15 is 0 Å². The molecule has 2 nitrogen and oxygen atoms in total. The zero-order valence-corrected chi connectivity index (χ0v) is 5.46. The van der Waals surface area contributed by atoms with Crippen LogP contribution in [0.25, 0.3) is 0 Å². The zero-order chi connectivity index (χ0) is 5.21. The van der Waals surface area contributed by atoms with Gasteiger partial charge in [0, 0.05) is 0 Å². The van der Waals surface area contributed by atoms with Crippen molar-refractivity contribution in [2.24, 2.45) is 5.73 Å². The van der Waals surface area contributed by atoms with Crippen LogP contribution in [0, 0.1) is 0 Å². The van der Waals surface area contributed by atoms with Gasteiger partial charge in [0.1, 0.15) is 5.72 Å². The predicted octanol–water partition coefficient (Wildman–Crippen LogP) is 0.485. The van der Waals surface area contributed by atoms with Gasteiger partial charge in [0.05, 0.1) is 0 Å². The lowest BCUT2D eigenvalue weighted by Gasteiger charge is -2.11. The Bertz CT molecular complexity index is 41.4. The van der Waals surface area contributed by atoms with E-state index in [1.54, 1.807) is 6.92 Å². The summed E-state index contributed by atoms with van der Waals surface area (Å²) in [6, 6.07) is 0. The molecule has 3 heteroatoms. The molecule has 0 saturated carbocycles. The van der Waals surface area contributed by atoms with Crippen LogP contribution >= 0.6 is 12.4 Å². The number of halogens is 1. The van der Waals surface area contributed by atoms with Crippen molar-refractivity contribution in [3.8, 4) is 0 Å². The summed E-state index contributed by atoms with van der Waals surface area (Å²) in [5, 5.41) is 8.60. The molecule has 0 fully saturated rings. The van der Waals surface area contributed by atoms with E-state index in [4.69, 9.17) is 10.8 Å². The maximum Gasteiger partial charge on any atom is 0.110 e. The minimum absolute atomic E-state index is 0. The van der Waals surface area contributed by atoms with Crippen molar-refractivity contribution < 1.29 is 5.11 Å². The van der Waals surface area contributed by atoms with Gasteiger partial charge in [-0.2, -0.15) is 0 Å². The highest BCUT2D eigenvalue weighted by Gasteiger charge is 2.06. The van der Waals surface area contributed by atoms with Crippen molar-refractivity contribution in [2.75, 3.05) is 0 Å². The minimum atomic E-state index is -0.958. The molecule has 0 aromatic carbocycles. The van der Waals surface area contributed by atoms with Gasteiger partial charge in [-0.15, -0.1) is 12.4 Å². The topological polar surface area (TPSA) is 46.2 Å². The molecule has 0 aliphatic carbocycles. The summed E-state index contributed by atoms with van der Waals surface area (Å²) in [5.74, 6) is 0. The maximum absolute atomic E-state index is 8.60. The molecule has 7 heavy (non-hydrogen) atoms. The highest BCUT2D eigenvalue weighted by Crippen LogP contribution is 1.94. The fraction of sp³-hybridized carbons (Fsp3) is 1.00. The smallest absolute Gasteiger partial charge is 0.110 e. The summed E-state index contributed by atoms with van der Waals surface area (Å²) in [5.41, 5.74) is 4.13. The molecule has 0 aromatic heterocycles. The van der Waals surface area contributed by atoms with Gasteiger partial charge in [0.15, 0.2) is 0 Å². The Morgan fingerprint density at radius 1 is 1.71 bits per heavy atom. The Morgan fingerprint density at radius 2 is 1.86 bits per heavy atom. The second-order valence-corrected chi connectivity index (χ2v) is 1.71. The number of aliphatic hydroxyl groups is 1. The third-order valence-corrected chi connectivity index (χ3v) is 0.716. The largest absolute Gasteiger partial charge is 0.376 e. The Morgan fingerprint density at radius 3 is 1.86 bits per heavy atom. The molecular formula is C4H12ClNO. The average Bonchev–Trinajstić information content (AvgIpc) is 1.35. The molecule has 1 atom stereocenters. The van der Waals surface area contributed by atoms with E-state index in [0.29, 0.717) is 6.42 Å². The van der Waals surface area contributed by atoms with Crippen molar-refractivity contribution >= 4 is 12.4 Å². The Kier molecular flexibility index (Phi) is 4.75. The first-order chi connectivity index (χ1) is 2.56. The molecular weight excluding hydrogens is 114 g/mol. The lowest BCUT2D eigenvalue weighted by atomic mass is 10.2. The Balaban J connectivity index is 0. The van der Waals surface area contributed by atoms with Gasteiger partial charge in [-0.1, -0.05) is 6.92 Å². The van der Waals surface area contributed by atoms with Crippen molar-refractivity contribution in [3.05, 3.63) is 0 Å². The van der Waals surface area contributed by atoms with Crippen LogP contribution in [0.1, 0.15) is 20.3 Å². The summed E-state index contributed by atoms with van der Waals surface area (Å²) in [6.45, 7) is 3.41. The molecule has 0 bridgehead atoms. The monoisotopic (exact) mass is 125 g/mol. The summed E-state index contributed by atoms with van der Waals surface area (Å²) >= 11 is 0.